The lowest BCUT2D eigenvalue weighted by Gasteiger charge is -2.33. The smallest absolute Gasteiger partial charge is 0.265 e. The van der Waals surface area contributed by atoms with Crippen molar-refractivity contribution >= 4 is 29.1 Å². The number of ketones is 2. The fraction of sp³-hybridized carbons (Fsp3) is 0.0323. The number of para-hydroxylation sites is 1. The average molecular weight is 469 g/mol. The molecule has 36 heavy (non-hydrogen) atoms. The highest BCUT2D eigenvalue weighted by atomic mass is 16.2. The maximum absolute atomic E-state index is 14.6. The summed E-state index contributed by atoms with van der Waals surface area (Å²) in [5.41, 5.74) is 0.643. The summed E-state index contributed by atoms with van der Waals surface area (Å²) in [6.45, 7) is 0. The van der Waals surface area contributed by atoms with E-state index in [1.165, 1.54) is 6.08 Å². The third-order valence-corrected chi connectivity index (χ3v) is 6.86. The van der Waals surface area contributed by atoms with E-state index >= 15 is 0 Å². The second-order valence-electron chi connectivity index (χ2n) is 8.74. The Kier molecular flexibility index (Phi) is 4.86. The maximum Gasteiger partial charge on any atom is 0.265 e. The predicted molar refractivity (Wildman–Crippen MR) is 135 cm³/mol. The molecule has 0 bridgehead atoms. The van der Waals surface area contributed by atoms with Crippen LogP contribution in [0.2, 0.25) is 0 Å². The summed E-state index contributed by atoms with van der Waals surface area (Å²) in [5.74, 6) is -1.85. The van der Waals surface area contributed by atoms with Gasteiger partial charge in [-0.25, -0.2) is 4.90 Å². The number of hydrogen-bond acceptors (Lipinski definition) is 4. The monoisotopic (exact) mass is 469 g/mol. The third-order valence-electron chi connectivity index (χ3n) is 6.86. The number of benzene rings is 4. The molecule has 1 aliphatic carbocycles. The van der Waals surface area contributed by atoms with Crippen LogP contribution in [0.3, 0.4) is 0 Å². The van der Waals surface area contributed by atoms with Gasteiger partial charge in [0.05, 0.1) is 5.69 Å². The molecule has 4 aromatic rings. The van der Waals surface area contributed by atoms with Gasteiger partial charge in [0, 0.05) is 27.8 Å². The summed E-state index contributed by atoms with van der Waals surface area (Å²) in [5, 5.41) is 0. The van der Waals surface area contributed by atoms with Crippen molar-refractivity contribution in [3.8, 4) is 0 Å². The lowest BCUT2D eigenvalue weighted by atomic mass is 9.65. The summed E-state index contributed by atoms with van der Waals surface area (Å²) in [6, 6.07) is 31.0. The summed E-state index contributed by atoms with van der Waals surface area (Å²) < 4.78 is 0. The minimum atomic E-state index is -1.66. The zero-order valence-electron chi connectivity index (χ0n) is 19.0. The van der Waals surface area contributed by atoms with E-state index in [0.717, 1.165) is 4.90 Å². The Hall–Kier alpha value is -4.90. The first-order valence-electron chi connectivity index (χ1n) is 11.5. The zero-order chi connectivity index (χ0) is 24.9. The number of anilines is 1. The molecule has 0 unspecified atom stereocenters. The van der Waals surface area contributed by atoms with Crippen molar-refractivity contribution in [2.45, 2.75) is 5.41 Å². The van der Waals surface area contributed by atoms with Gasteiger partial charge >= 0.3 is 0 Å². The van der Waals surface area contributed by atoms with E-state index in [2.05, 4.69) is 0 Å². The quantitative estimate of drug-likeness (QED) is 0.389. The summed E-state index contributed by atoms with van der Waals surface area (Å²) in [7, 11) is 0. The molecule has 0 spiro atoms. The van der Waals surface area contributed by atoms with Crippen LogP contribution >= 0.6 is 0 Å². The molecule has 1 aliphatic heterocycles. The highest BCUT2D eigenvalue weighted by Crippen LogP contribution is 2.52. The second kappa shape index (κ2) is 8.10. The number of amides is 2. The van der Waals surface area contributed by atoms with Crippen molar-refractivity contribution in [1.82, 2.24) is 0 Å². The number of imide groups is 1. The van der Waals surface area contributed by atoms with E-state index in [-0.39, 0.29) is 16.9 Å². The highest BCUT2D eigenvalue weighted by molar-refractivity contribution is 6.34. The number of hydrogen-bond donors (Lipinski definition) is 0. The fourth-order valence-electron chi connectivity index (χ4n) is 5.27. The van der Waals surface area contributed by atoms with Gasteiger partial charge in [-0.15, -0.1) is 0 Å². The van der Waals surface area contributed by atoms with Gasteiger partial charge < -0.3 is 0 Å². The molecule has 0 saturated carbocycles. The Balaban J connectivity index is 1.65. The van der Waals surface area contributed by atoms with Gasteiger partial charge in [0.1, 0.15) is 5.41 Å². The molecule has 5 heteroatoms. The van der Waals surface area contributed by atoms with Crippen LogP contribution < -0.4 is 4.90 Å². The maximum atomic E-state index is 14.6. The third kappa shape index (κ3) is 2.89. The van der Waals surface area contributed by atoms with Crippen molar-refractivity contribution in [1.29, 1.82) is 0 Å². The van der Waals surface area contributed by atoms with E-state index in [0.29, 0.717) is 27.9 Å². The zero-order valence-corrected chi connectivity index (χ0v) is 19.0. The van der Waals surface area contributed by atoms with E-state index in [1.807, 2.05) is 6.07 Å². The van der Waals surface area contributed by atoms with Gasteiger partial charge in [0.15, 0.2) is 11.6 Å². The van der Waals surface area contributed by atoms with Gasteiger partial charge in [-0.2, -0.15) is 0 Å². The first kappa shape index (κ1) is 21.6. The van der Waals surface area contributed by atoms with Crippen molar-refractivity contribution in [3.63, 3.8) is 0 Å². The molecule has 5 nitrogen and oxygen atoms in total. The normalized spacial score (nSPS) is 18.5. The van der Waals surface area contributed by atoms with Crippen molar-refractivity contribution in [2.75, 3.05) is 4.90 Å². The van der Waals surface area contributed by atoms with Gasteiger partial charge in [0.2, 0.25) is 0 Å². The first-order chi connectivity index (χ1) is 17.5. The van der Waals surface area contributed by atoms with Crippen LogP contribution in [0.5, 0.6) is 0 Å². The molecular weight excluding hydrogens is 450 g/mol. The van der Waals surface area contributed by atoms with Crippen molar-refractivity contribution in [2.24, 2.45) is 0 Å². The lowest BCUT2D eigenvalue weighted by Crippen LogP contribution is -2.47. The Morgan fingerprint density at radius 1 is 0.639 bits per heavy atom. The van der Waals surface area contributed by atoms with E-state index in [9.17, 15) is 19.2 Å². The van der Waals surface area contributed by atoms with Gasteiger partial charge in [0.25, 0.3) is 11.8 Å². The number of rotatable bonds is 3. The molecule has 4 aromatic carbocycles. The minimum Gasteiger partial charge on any atom is -0.289 e. The largest absolute Gasteiger partial charge is 0.289 e. The molecule has 0 aromatic heterocycles. The van der Waals surface area contributed by atoms with Crippen LogP contribution in [0.4, 0.5) is 5.69 Å². The molecule has 1 atom stereocenters. The van der Waals surface area contributed by atoms with Crippen molar-refractivity contribution < 1.29 is 19.2 Å². The van der Waals surface area contributed by atoms with Crippen molar-refractivity contribution in [3.05, 3.63) is 149 Å². The molecule has 172 valence electrons. The number of carbonyl (C=O) groups excluding carboxylic acids is 4. The molecule has 0 saturated heterocycles. The summed E-state index contributed by atoms with van der Waals surface area (Å²) in [4.78, 5) is 56.6. The highest BCUT2D eigenvalue weighted by Gasteiger charge is 2.58. The standard InChI is InChI=1S/C31H19NO4/c33-27-19-25(28(34)23-16-8-7-15-22(23)27)31(21-13-5-2-6-14-21)24-17-9-10-18-26(24)32(30(31)36)29(35)20-11-3-1-4-12-20/h1-19H/t31-/m1/s1. The van der Waals surface area contributed by atoms with E-state index < -0.39 is 23.0 Å². The Morgan fingerprint density at radius 2 is 1.22 bits per heavy atom. The predicted octanol–water partition coefficient (Wildman–Crippen LogP) is 5.17. The molecule has 0 radical (unpaired) electrons. The van der Waals surface area contributed by atoms with Gasteiger partial charge in [-0.1, -0.05) is 91.0 Å². The summed E-state index contributed by atoms with van der Waals surface area (Å²) in [6.07, 6.45) is 1.27. The Bertz CT molecular complexity index is 1600. The van der Waals surface area contributed by atoms with Crippen LogP contribution in [0.1, 0.15) is 42.2 Å². The van der Waals surface area contributed by atoms with Crippen LogP contribution in [-0.2, 0) is 10.2 Å². The first-order valence-corrected chi connectivity index (χ1v) is 11.5. The molecule has 2 amide bonds. The van der Waals surface area contributed by atoms with E-state index in [1.54, 1.807) is 103 Å². The molecule has 6 rings (SSSR count). The number of Topliss-reactive ketones (excluding diaryl/α,β-unsaturated/α-hetero) is 1. The van der Waals surface area contributed by atoms with Crippen LogP contribution in [-0.4, -0.2) is 23.4 Å². The minimum absolute atomic E-state index is 0.0400. The molecule has 1 heterocycles. The molecule has 0 fully saturated rings. The van der Waals surface area contributed by atoms with E-state index in [4.69, 9.17) is 0 Å². The SMILES string of the molecule is O=C1C=C([C@]2(c3ccccc3)C(=O)N(C(=O)c3ccccc3)c3ccccc32)C(=O)c2ccccc21. The van der Waals surface area contributed by atoms with Crippen LogP contribution in [0.15, 0.2) is 121 Å². The number of nitrogens with zero attached hydrogens (tertiary/aromatic N) is 1. The van der Waals surface area contributed by atoms with Gasteiger partial charge in [-0.05, 0) is 29.8 Å². The second-order valence-corrected chi connectivity index (χ2v) is 8.74. The Morgan fingerprint density at radius 3 is 1.94 bits per heavy atom. The van der Waals surface area contributed by atoms with Crippen LogP contribution in [0, 0.1) is 0 Å². The molecule has 0 N–H and O–H groups in total. The lowest BCUT2D eigenvalue weighted by molar-refractivity contribution is -0.120. The number of carbonyl (C=O) groups is 4. The summed E-state index contributed by atoms with van der Waals surface area (Å²) >= 11 is 0. The molecular formula is C31H19NO4. The van der Waals surface area contributed by atoms with Crippen LogP contribution in [0.25, 0.3) is 0 Å². The van der Waals surface area contributed by atoms with Gasteiger partial charge in [-0.3, -0.25) is 19.2 Å². The Labute approximate surface area is 207 Å². The fourth-order valence-corrected chi connectivity index (χ4v) is 5.27. The number of allylic oxidation sites excluding steroid dienone is 1. The molecule has 2 aliphatic rings. The average Bonchev–Trinajstić information content (AvgIpc) is 3.20. The number of fused-ring (bicyclic) bond motifs is 2. The topological polar surface area (TPSA) is 71.5 Å².